The average Bonchev–Trinajstić information content (AvgIpc) is 3.35. The predicted molar refractivity (Wildman–Crippen MR) is 101 cm³/mol. The molecule has 26 heavy (non-hydrogen) atoms. The maximum atomic E-state index is 11.8. The van der Waals surface area contributed by atoms with Crippen LogP contribution in [0.15, 0.2) is 12.4 Å². The Labute approximate surface area is 156 Å². The van der Waals surface area contributed by atoms with Crippen molar-refractivity contribution < 1.29 is 4.79 Å². The minimum Gasteiger partial charge on any atom is -0.334 e. The second-order valence-corrected chi connectivity index (χ2v) is 8.06. The Morgan fingerprint density at radius 2 is 1.81 bits per heavy atom. The summed E-state index contributed by atoms with van der Waals surface area (Å²) in [5.74, 6) is 0.141. The van der Waals surface area contributed by atoms with Crippen molar-refractivity contribution in [1.29, 1.82) is 0 Å². The van der Waals surface area contributed by atoms with Gasteiger partial charge in [-0.3, -0.25) is 24.6 Å². The third kappa shape index (κ3) is 3.91. The van der Waals surface area contributed by atoms with E-state index in [1.54, 1.807) is 6.92 Å². The molecule has 1 aliphatic carbocycles. The van der Waals surface area contributed by atoms with E-state index in [0.29, 0.717) is 0 Å². The van der Waals surface area contributed by atoms with E-state index in [4.69, 9.17) is 4.98 Å². The standard InChI is InChI=1S/C20H31N5O/c1-16(26)25-8-4-7-20(25)19-14-21-13-17(22-19)15-23-9-11-24(12-10-23)18-5-2-3-6-18/h13-14,18,20H,2-12,15H2,1H3/t20-/m1/s1. The van der Waals surface area contributed by atoms with Gasteiger partial charge in [0, 0.05) is 58.4 Å². The predicted octanol–water partition coefficient (Wildman–Crippen LogP) is 2.22. The second-order valence-electron chi connectivity index (χ2n) is 8.06. The van der Waals surface area contributed by atoms with Gasteiger partial charge in [0.25, 0.3) is 0 Å². The van der Waals surface area contributed by atoms with E-state index in [2.05, 4.69) is 14.8 Å². The summed E-state index contributed by atoms with van der Waals surface area (Å²) in [6.07, 6.45) is 11.4. The largest absolute Gasteiger partial charge is 0.334 e. The number of nitrogens with zero attached hydrogens (tertiary/aromatic N) is 5. The first-order chi connectivity index (χ1) is 12.7. The number of piperazine rings is 1. The van der Waals surface area contributed by atoms with Crippen molar-refractivity contribution in [2.75, 3.05) is 32.7 Å². The van der Waals surface area contributed by atoms with Gasteiger partial charge in [-0.15, -0.1) is 0 Å². The Morgan fingerprint density at radius 1 is 1.04 bits per heavy atom. The molecule has 6 heteroatoms. The van der Waals surface area contributed by atoms with Gasteiger partial charge in [0.15, 0.2) is 0 Å². The van der Waals surface area contributed by atoms with Crippen LogP contribution in [0.2, 0.25) is 0 Å². The van der Waals surface area contributed by atoms with Crippen LogP contribution in [-0.4, -0.2) is 69.3 Å². The summed E-state index contributed by atoms with van der Waals surface area (Å²) in [7, 11) is 0. The van der Waals surface area contributed by atoms with Crippen molar-refractivity contribution in [2.45, 2.75) is 64.1 Å². The summed E-state index contributed by atoms with van der Waals surface area (Å²) < 4.78 is 0. The summed E-state index contributed by atoms with van der Waals surface area (Å²) in [5, 5.41) is 0. The molecule has 4 rings (SSSR count). The summed E-state index contributed by atoms with van der Waals surface area (Å²) in [5.41, 5.74) is 1.99. The highest BCUT2D eigenvalue weighted by Gasteiger charge is 2.30. The molecule has 3 heterocycles. The van der Waals surface area contributed by atoms with Crippen LogP contribution in [0.25, 0.3) is 0 Å². The maximum Gasteiger partial charge on any atom is 0.220 e. The first-order valence-corrected chi connectivity index (χ1v) is 10.2. The molecule has 0 spiro atoms. The number of carbonyl (C=O) groups is 1. The van der Waals surface area contributed by atoms with Gasteiger partial charge >= 0.3 is 0 Å². The number of aromatic nitrogens is 2. The van der Waals surface area contributed by atoms with Gasteiger partial charge in [-0.25, -0.2) is 0 Å². The van der Waals surface area contributed by atoms with Crippen LogP contribution in [0.3, 0.4) is 0 Å². The van der Waals surface area contributed by atoms with Crippen LogP contribution in [0.1, 0.15) is 62.9 Å². The fourth-order valence-electron chi connectivity index (χ4n) is 4.90. The average molecular weight is 358 g/mol. The molecule has 2 saturated heterocycles. The smallest absolute Gasteiger partial charge is 0.220 e. The third-order valence-electron chi connectivity index (χ3n) is 6.34. The van der Waals surface area contributed by atoms with Crippen LogP contribution >= 0.6 is 0 Å². The fraction of sp³-hybridized carbons (Fsp3) is 0.750. The van der Waals surface area contributed by atoms with Crippen molar-refractivity contribution in [1.82, 2.24) is 24.7 Å². The molecule has 0 aromatic carbocycles. The highest BCUT2D eigenvalue weighted by molar-refractivity contribution is 5.74. The van der Waals surface area contributed by atoms with Gasteiger partial charge in [0.05, 0.1) is 23.6 Å². The van der Waals surface area contributed by atoms with E-state index in [-0.39, 0.29) is 11.9 Å². The quantitative estimate of drug-likeness (QED) is 0.827. The summed E-state index contributed by atoms with van der Waals surface area (Å²) in [6, 6.07) is 0.944. The van der Waals surface area contributed by atoms with Gasteiger partial charge in [-0.2, -0.15) is 0 Å². The fourth-order valence-corrected chi connectivity index (χ4v) is 4.90. The molecule has 1 amide bonds. The number of hydrogen-bond acceptors (Lipinski definition) is 5. The van der Waals surface area contributed by atoms with Crippen LogP contribution in [0.5, 0.6) is 0 Å². The van der Waals surface area contributed by atoms with Crippen molar-refractivity contribution in [3.8, 4) is 0 Å². The molecule has 0 bridgehead atoms. The molecule has 2 aliphatic heterocycles. The van der Waals surface area contributed by atoms with E-state index < -0.39 is 0 Å². The van der Waals surface area contributed by atoms with Crippen LogP contribution in [0.4, 0.5) is 0 Å². The molecule has 0 unspecified atom stereocenters. The number of rotatable bonds is 4. The van der Waals surface area contributed by atoms with Gasteiger partial charge in [0.2, 0.25) is 5.91 Å². The van der Waals surface area contributed by atoms with Crippen LogP contribution in [0, 0.1) is 0 Å². The highest BCUT2D eigenvalue weighted by atomic mass is 16.2. The molecule has 3 fully saturated rings. The number of carbonyl (C=O) groups excluding carboxylic acids is 1. The molecule has 3 aliphatic rings. The zero-order valence-electron chi connectivity index (χ0n) is 15.9. The maximum absolute atomic E-state index is 11.8. The lowest BCUT2D eigenvalue weighted by Gasteiger charge is -2.37. The molecule has 0 radical (unpaired) electrons. The zero-order chi connectivity index (χ0) is 17.9. The summed E-state index contributed by atoms with van der Waals surface area (Å²) in [4.78, 5) is 28.3. The van der Waals surface area contributed by atoms with E-state index in [9.17, 15) is 4.79 Å². The molecule has 1 saturated carbocycles. The molecule has 142 valence electrons. The summed E-state index contributed by atoms with van der Waals surface area (Å²) in [6.45, 7) is 7.95. The Morgan fingerprint density at radius 3 is 2.54 bits per heavy atom. The third-order valence-corrected chi connectivity index (χ3v) is 6.34. The Balaban J connectivity index is 1.35. The SMILES string of the molecule is CC(=O)N1CCC[C@@H]1c1cncc(CN2CCN(C3CCCC3)CC2)n1. The topological polar surface area (TPSA) is 52.6 Å². The normalized spacial score (nSPS) is 25.9. The number of hydrogen-bond donors (Lipinski definition) is 0. The Kier molecular flexibility index (Phi) is 5.50. The Hall–Kier alpha value is -1.53. The van der Waals surface area contributed by atoms with Gasteiger partial charge in [-0.1, -0.05) is 12.8 Å². The zero-order valence-corrected chi connectivity index (χ0v) is 15.9. The monoisotopic (exact) mass is 357 g/mol. The highest BCUT2D eigenvalue weighted by Crippen LogP contribution is 2.30. The lowest BCUT2D eigenvalue weighted by atomic mass is 10.1. The lowest BCUT2D eigenvalue weighted by Crippen LogP contribution is -2.49. The first kappa shape index (κ1) is 17.9. The molecular weight excluding hydrogens is 326 g/mol. The molecular formula is C20H31N5O. The lowest BCUT2D eigenvalue weighted by molar-refractivity contribution is -0.129. The van der Waals surface area contributed by atoms with Gasteiger partial charge in [-0.05, 0) is 25.7 Å². The first-order valence-electron chi connectivity index (χ1n) is 10.2. The molecule has 1 aromatic heterocycles. The van der Waals surface area contributed by atoms with Crippen molar-refractivity contribution >= 4 is 5.91 Å². The Bertz CT molecular complexity index is 622. The van der Waals surface area contributed by atoms with E-state index in [1.807, 2.05) is 17.3 Å². The molecule has 6 nitrogen and oxygen atoms in total. The van der Waals surface area contributed by atoms with Crippen LogP contribution in [-0.2, 0) is 11.3 Å². The number of likely N-dealkylation sites (tertiary alicyclic amines) is 1. The molecule has 1 atom stereocenters. The minimum absolute atomic E-state index is 0.110. The van der Waals surface area contributed by atoms with E-state index in [1.165, 1.54) is 38.8 Å². The van der Waals surface area contributed by atoms with Gasteiger partial charge < -0.3 is 4.90 Å². The second kappa shape index (κ2) is 8.01. The number of amides is 1. The van der Waals surface area contributed by atoms with E-state index >= 15 is 0 Å². The van der Waals surface area contributed by atoms with Crippen molar-refractivity contribution in [3.63, 3.8) is 0 Å². The van der Waals surface area contributed by atoms with Gasteiger partial charge in [0.1, 0.15) is 0 Å². The molecule has 1 aromatic rings. The van der Waals surface area contributed by atoms with E-state index in [0.717, 1.165) is 56.5 Å². The summed E-state index contributed by atoms with van der Waals surface area (Å²) >= 11 is 0. The minimum atomic E-state index is 0.110. The molecule has 0 N–H and O–H groups in total. The van der Waals surface area contributed by atoms with Crippen LogP contribution < -0.4 is 0 Å². The van der Waals surface area contributed by atoms with Crippen molar-refractivity contribution in [3.05, 3.63) is 23.8 Å². The van der Waals surface area contributed by atoms with Crippen molar-refractivity contribution in [2.24, 2.45) is 0 Å².